The summed E-state index contributed by atoms with van der Waals surface area (Å²) >= 11 is 1.67. The van der Waals surface area contributed by atoms with Crippen molar-refractivity contribution in [3.8, 4) is 0 Å². The Morgan fingerprint density at radius 1 is 1.58 bits per heavy atom. The van der Waals surface area contributed by atoms with Gasteiger partial charge >= 0.3 is 0 Å². The van der Waals surface area contributed by atoms with Gasteiger partial charge in [-0.05, 0) is 48.6 Å². The lowest BCUT2D eigenvalue weighted by Gasteiger charge is -2.31. The zero-order valence-corrected chi connectivity index (χ0v) is 12.1. The van der Waals surface area contributed by atoms with E-state index in [-0.39, 0.29) is 24.8 Å². The first-order valence-electron chi connectivity index (χ1n) is 6.96. The van der Waals surface area contributed by atoms with Gasteiger partial charge in [-0.3, -0.25) is 11.3 Å². The van der Waals surface area contributed by atoms with Gasteiger partial charge in [-0.1, -0.05) is 6.92 Å². The second kappa shape index (κ2) is 6.29. The fourth-order valence-electron chi connectivity index (χ4n) is 3.01. The second-order valence-electron chi connectivity index (χ2n) is 5.44. The van der Waals surface area contributed by atoms with Gasteiger partial charge in [0.25, 0.3) is 0 Å². The number of alkyl halides is 2. The van der Waals surface area contributed by atoms with Crippen LogP contribution in [0.15, 0.2) is 11.4 Å². The summed E-state index contributed by atoms with van der Waals surface area (Å²) in [7, 11) is 0. The molecule has 2 atom stereocenters. The fourth-order valence-corrected chi connectivity index (χ4v) is 4.08. The summed E-state index contributed by atoms with van der Waals surface area (Å²) in [6.45, 7) is 2.11. The van der Waals surface area contributed by atoms with Crippen LogP contribution >= 0.6 is 11.3 Å². The van der Waals surface area contributed by atoms with Crippen LogP contribution in [-0.4, -0.2) is 5.92 Å². The van der Waals surface area contributed by atoms with Crippen LogP contribution in [0.25, 0.3) is 0 Å². The van der Waals surface area contributed by atoms with E-state index in [0.29, 0.717) is 12.8 Å². The molecule has 0 saturated heterocycles. The van der Waals surface area contributed by atoms with Crippen LogP contribution in [0.1, 0.15) is 55.5 Å². The lowest BCUT2D eigenvalue weighted by Crippen LogP contribution is -2.33. The smallest absolute Gasteiger partial charge is 0.248 e. The van der Waals surface area contributed by atoms with Crippen molar-refractivity contribution in [2.75, 3.05) is 0 Å². The molecule has 2 nitrogen and oxygen atoms in total. The molecule has 0 spiro atoms. The van der Waals surface area contributed by atoms with Crippen molar-refractivity contribution < 1.29 is 8.78 Å². The lowest BCUT2D eigenvalue weighted by molar-refractivity contribution is -0.0548. The van der Waals surface area contributed by atoms with Crippen molar-refractivity contribution in [3.05, 3.63) is 21.9 Å². The van der Waals surface area contributed by atoms with E-state index in [1.807, 2.05) is 5.38 Å². The Bertz CT molecular complexity index is 406. The number of halogens is 2. The minimum absolute atomic E-state index is 0.00819. The first kappa shape index (κ1) is 14.9. The summed E-state index contributed by atoms with van der Waals surface area (Å²) in [4.78, 5) is 1.21. The Morgan fingerprint density at radius 2 is 2.37 bits per heavy atom. The van der Waals surface area contributed by atoms with Gasteiger partial charge < -0.3 is 0 Å². The number of nitrogens with one attached hydrogen (secondary N) is 1. The van der Waals surface area contributed by atoms with Crippen LogP contribution in [0.4, 0.5) is 8.78 Å². The van der Waals surface area contributed by atoms with Gasteiger partial charge in [0, 0.05) is 17.7 Å². The molecule has 2 rings (SSSR count). The van der Waals surface area contributed by atoms with E-state index >= 15 is 0 Å². The Balaban J connectivity index is 2.03. The molecule has 2 unspecified atom stereocenters. The molecule has 1 aliphatic rings. The number of rotatable bonds is 5. The standard InChI is InChI=1S/C14H22F2N2S/c1-2-11-5-7-19-13(11)12(18-17)8-10-4-3-6-14(15,16)9-10/h5,7,10,12,18H,2-4,6,8-9,17H2,1H3. The maximum atomic E-state index is 13.4. The van der Waals surface area contributed by atoms with Crippen molar-refractivity contribution in [2.45, 2.75) is 57.4 Å². The Labute approximate surface area is 117 Å². The van der Waals surface area contributed by atoms with Gasteiger partial charge in [-0.2, -0.15) is 0 Å². The summed E-state index contributed by atoms with van der Waals surface area (Å²) < 4.78 is 26.9. The highest BCUT2D eigenvalue weighted by Crippen LogP contribution is 2.41. The molecule has 3 N–H and O–H groups in total. The van der Waals surface area contributed by atoms with Crippen LogP contribution in [0.3, 0.4) is 0 Å². The molecule has 1 heterocycles. The van der Waals surface area contributed by atoms with Gasteiger partial charge in [0.15, 0.2) is 0 Å². The van der Waals surface area contributed by atoms with Crippen molar-refractivity contribution in [1.29, 1.82) is 0 Å². The Morgan fingerprint density at radius 3 is 3.00 bits per heavy atom. The van der Waals surface area contributed by atoms with E-state index in [2.05, 4.69) is 18.4 Å². The highest BCUT2D eigenvalue weighted by Gasteiger charge is 2.37. The SMILES string of the molecule is CCc1ccsc1C(CC1CCCC(F)(F)C1)NN. The predicted octanol–water partition coefficient (Wildman–Crippen LogP) is 4.03. The third kappa shape index (κ3) is 3.74. The number of hydrogen-bond acceptors (Lipinski definition) is 3. The summed E-state index contributed by atoms with van der Waals surface area (Å²) in [5.74, 6) is 3.23. The number of aryl methyl sites for hydroxylation is 1. The van der Waals surface area contributed by atoms with Crippen molar-refractivity contribution in [1.82, 2.24) is 5.43 Å². The highest BCUT2D eigenvalue weighted by atomic mass is 32.1. The van der Waals surface area contributed by atoms with Gasteiger partial charge in [-0.15, -0.1) is 11.3 Å². The van der Waals surface area contributed by atoms with Crippen LogP contribution in [0, 0.1) is 5.92 Å². The van der Waals surface area contributed by atoms with E-state index in [4.69, 9.17) is 5.84 Å². The van der Waals surface area contributed by atoms with Gasteiger partial charge in [0.2, 0.25) is 5.92 Å². The Hall–Kier alpha value is -0.520. The van der Waals surface area contributed by atoms with Gasteiger partial charge in [-0.25, -0.2) is 8.78 Å². The molecule has 1 aromatic rings. The quantitative estimate of drug-likeness (QED) is 0.634. The van der Waals surface area contributed by atoms with E-state index in [1.165, 1.54) is 10.4 Å². The first-order chi connectivity index (χ1) is 9.05. The number of nitrogens with two attached hydrogens (primary N) is 1. The van der Waals surface area contributed by atoms with Gasteiger partial charge in [0.1, 0.15) is 0 Å². The summed E-state index contributed by atoms with van der Waals surface area (Å²) in [6.07, 6.45) is 3.24. The molecule has 0 aromatic carbocycles. The van der Waals surface area contributed by atoms with Crippen molar-refractivity contribution >= 4 is 11.3 Å². The van der Waals surface area contributed by atoms with Crippen molar-refractivity contribution in [2.24, 2.45) is 11.8 Å². The summed E-state index contributed by atoms with van der Waals surface area (Å²) in [6, 6.07) is 2.11. The fraction of sp³-hybridized carbons (Fsp3) is 0.714. The lowest BCUT2D eigenvalue weighted by atomic mass is 9.82. The molecule has 1 fully saturated rings. The van der Waals surface area contributed by atoms with Crippen LogP contribution < -0.4 is 11.3 Å². The molecule has 1 saturated carbocycles. The predicted molar refractivity (Wildman–Crippen MR) is 75.3 cm³/mol. The van der Waals surface area contributed by atoms with Crippen LogP contribution in [-0.2, 0) is 6.42 Å². The molecule has 108 valence electrons. The van der Waals surface area contributed by atoms with Crippen molar-refractivity contribution in [3.63, 3.8) is 0 Å². The number of hydrogen-bond donors (Lipinski definition) is 2. The molecule has 0 aliphatic heterocycles. The monoisotopic (exact) mass is 288 g/mol. The van der Waals surface area contributed by atoms with Gasteiger partial charge in [0.05, 0.1) is 6.04 Å². The molecule has 0 amide bonds. The van der Waals surface area contributed by atoms with E-state index in [0.717, 1.165) is 12.8 Å². The minimum Gasteiger partial charge on any atom is -0.271 e. The molecule has 1 aliphatic carbocycles. The maximum Gasteiger partial charge on any atom is 0.248 e. The molecular weight excluding hydrogens is 266 g/mol. The second-order valence-corrected chi connectivity index (χ2v) is 6.38. The van der Waals surface area contributed by atoms with E-state index in [9.17, 15) is 8.78 Å². The topological polar surface area (TPSA) is 38.0 Å². The molecule has 1 aromatic heterocycles. The molecular formula is C14H22F2N2S. The summed E-state index contributed by atoms with van der Waals surface area (Å²) in [5.41, 5.74) is 4.09. The maximum absolute atomic E-state index is 13.4. The van der Waals surface area contributed by atoms with E-state index < -0.39 is 5.92 Å². The average molecular weight is 288 g/mol. The number of hydrazine groups is 1. The normalized spacial score (nSPS) is 24.3. The summed E-state index contributed by atoms with van der Waals surface area (Å²) in [5, 5.41) is 2.05. The zero-order chi connectivity index (χ0) is 13.9. The molecule has 19 heavy (non-hydrogen) atoms. The largest absolute Gasteiger partial charge is 0.271 e. The molecule has 0 bridgehead atoms. The third-order valence-electron chi connectivity index (χ3n) is 3.99. The van der Waals surface area contributed by atoms with Crippen LogP contribution in [0.2, 0.25) is 0 Å². The Kier molecular flexibility index (Phi) is 4.92. The first-order valence-corrected chi connectivity index (χ1v) is 7.84. The van der Waals surface area contributed by atoms with Crippen LogP contribution in [0.5, 0.6) is 0 Å². The highest BCUT2D eigenvalue weighted by molar-refractivity contribution is 7.10. The van der Waals surface area contributed by atoms with E-state index in [1.54, 1.807) is 11.3 Å². The molecule has 0 radical (unpaired) electrons. The minimum atomic E-state index is -2.48. The average Bonchev–Trinajstić information content (AvgIpc) is 2.83. The zero-order valence-electron chi connectivity index (χ0n) is 11.3. The number of thiophene rings is 1. The molecule has 5 heteroatoms. The third-order valence-corrected chi connectivity index (χ3v) is 5.06.